The van der Waals surface area contributed by atoms with Gasteiger partial charge in [0.15, 0.2) is 0 Å². The van der Waals surface area contributed by atoms with Crippen LogP contribution in [-0.4, -0.2) is 49.3 Å². The molecule has 1 aliphatic carbocycles. The summed E-state index contributed by atoms with van der Waals surface area (Å²) in [6, 6.07) is 0. The maximum absolute atomic E-state index is 9.58. The first-order valence-corrected chi connectivity index (χ1v) is 8.40. The van der Waals surface area contributed by atoms with E-state index in [1.165, 1.54) is 25.7 Å². The number of rotatable bonds is 8. The van der Waals surface area contributed by atoms with E-state index in [2.05, 4.69) is 38.0 Å². The molecule has 1 rings (SSSR count). The van der Waals surface area contributed by atoms with Crippen LogP contribution in [0.5, 0.6) is 0 Å². The summed E-state index contributed by atoms with van der Waals surface area (Å²) < 4.78 is 0. The van der Waals surface area contributed by atoms with Gasteiger partial charge < -0.3 is 15.3 Å². The Bertz CT molecular complexity index is 268. The summed E-state index contributed by atoms with van der Waals surface area (Å²) >= 11 is 0. The summed E-state index contributed by atoms with van der Waals surface area (Å²) in [5, 5.41) is 13.3. The monoisotopic (exact) mass is 284 g/mol. The minimum absolute atomic E-state index is 0.235. The number of likely N-dealkylation sites (N-methyl/N-ethyl adjacent to an activating group) is 1. The Balaban J connectivity index is 2.58. The molecule has 0 amide bonds. The van der Waals surface area contributed by atoms with Gasteiger partial charge in [-0.1, -0.05) is 33.6 Å². The molecule has 0 bridgehead atoms. The highest BCUT2D eigenvalue weighted by atomic mass is 16.3. The molecule has 0 aliphatic heterocycles. The van der Waals surface area contributed by atoms with E-state index in [1.54, 1.807) is 0 Å². The fraction of sp³-hybridized carbons (Fsp3) is 1.00. The van der Waals surface area contributed by atoms with Crippen LogP contribution in [-0.2, 0) is 0 Å². The van der Waals surface area contributed by atoms with E-state index in [1.807, 2.05) is 6.92 Å². The molecular weight excluding hydrogens is 248 g/mol. The lowest BCUT2D eigenvalue weighted by Crippen LogP contribution is -2.47. The van der Waals surface area contributed by atoms with Crippen LogP contribution < -0.4 is 5.32 Å². The zero-order chi connectivity index (χ0) is 15.2. The molecule has 3 nitrogen and oxygen atoms in total. The van der Waals surface area contributed by atoms with Crippen molar-refractivity contribution in [1.29, 1.82) is 0 Å². The summed E-state index contributed by atoms with van der Waals surface area (Å²) in [6.07, 6.45) is 5.15. The number of hydrogen-bond acceptors (Lipinski definition) is 3. The van der Waals surface area contributed by atoms with Gasteiger partial charge in [0.05, 0.1) is 6.10 Å². The number of hydrogen-bond donors (Lipinski definition) is 2. The van der Waals surface area contributed by atoms with Gasteiger partial charge >= 0.3 is 0 Å². The first kappa shape index (κ1) is 17.9. The van der Waals surface area contributed by atoms with Crippen LogP contribution in [0.1, 0.15) is 53.4 Å². The van der Waals surface area contributed by atoms with Crippen molar-refractivity contribution in [3.8, 4) is 0 Å². The second-order valence-corrected chi connectivity index (χ2v) is 7.77. The van der Waals surface area contributed by atoms with E-state index in [0.717, 1.165) is 32.1 Å². The molecule has 2 N–H and O–H groups in total. The van der Waals surface area contributed by atoms with Gasteiger partial charge in [-0.3, -0.25) is 0 Å². The molecule has 1 saturated carbocycles. The van der Waals surface area contributed by atoms with Gasteiger partial charge in [0.1, 0.15) is 0 Å². The third-order valence-electron chi connectivity index (χ3n) is 4.42. The van der Waals surface area contributed by atoms with Crippen molar-refractivity contribution in [1.82, 2.24) is 10.2 Å². The maximum Gasteiger partial charge on any atom is 0.0638 e. The zero-order valence-electron chi connectivity index (χ0n) is 14.3. The SMILES string of the molecule is CC(C)CNCC1(CN(C)CC(C)O)CCCC(C)C1. The van der Waals surface area contributed by atoms with Crippen molar-refractivity contribution in [3.05, 3.63) is 0 Å². The molecule has 1 aliphatic rings. The third kappa shape index (κ3) is 6.55. The highest BCUT2D eigenvalue weighted by Crippen LogP contribution is 2.39. The van der Waals surface area contributed by atoms with E-state index in [4.69, 9.17) is 0 Å². The first-order chi connectivity index (χ1) is 9.33. The van der Waals surface area contributed by atoms with Crippen LogP contribution in [0.4, 0.5) is 0 Å². The van der Waals surface area contributed by atoms with Crippen LogP contribution in [0, 0.1) is 17.3 Å². The summed E-state index contributed by atoms with van der Waals surface area (Å²) in [6.45, 7) is 12.9. The molecule has 0 aromatic heterocycles. The Morgan fingerprint density at radius 1 is 1.35 bits per heavy atom. The van der Waals surface area contributed by atoms with Crippen molar-refractivity contribution in [2.75, 3.05) is 33.2 Å². The van der Waals surface area contributed by atoms with Crippen LogP contribution >= 0.6 is 0 Å². The summed E-state index contributed by atoms with van der Waals surface area (Å²) in [5.41, 5.74) is 0.399. The van der Waals surface area contributed by atoms with Crippen LogP contribution in [0.15, 0.2) is 0 Å². The van der Waals surface area contributed by atoms with E-state index in [0.29, 0.717) is 11.3 Å². The molecule has 0 aromatic carbocycles. The van der Waals surface area contributed by atoms with Crippen LogP contribution in [0.25, 0.3) is 0 Å². The van der Waals surface area contributed by atoms with Crippen molar-refractivity contribution >= 4 is 0 Å². The molecule has 1 fully saturated rings. The number of nitrogens with zero attached hydrogens (tertiary/aromatic N) is 1. The normalized spacial score (nSPS) is 29.1. The molecule has 0 aromatic rings. The molecule has 3 heteroatoms. The topological polar surface area (TPSA) is 35.5 Å². The highest BCUT2D eigenvalue weighted by molar-refractivity contribution is 4.89. The van der Waals surface area contributed by atoms with Gasteiger partial charge in [0.2, 0.25) is 0 Å². The number of aliphatic hydroxyl groups excluding tert-OH is 1. The molecule has 3 atom stereocenters. The van der Waals surface area contributed by atoms with Crippen molar-refractivity contribution in [2.45, 2.75) is 59.5 Å². The van der Waals surface area contributed by atoms with E-state index >= 15 is 0 Å². The lowest BCUT2D eigenvalue weighted by atomic mass is 9.69. The molecular formula is C17H36N2O. The third-order valence-corrected chi connectivity index (χ3v) is 4.42. The Morgan fingerprint density at radius 2 is 2.05 bits per heavy atom. The lowest BCUT2D eigenvalue weighted by molar-refractivity contribution is 0.0661. The molecule has 0 saturated heterocycles. The van der Waals surface area contributed by atoms with E-state index in [-0.39, 0.29) is 6.10 Å². The maximum atomic E-state index is 9.58. The van der Waals surface area contributed by atoms with Gasteiger partial charge in [0, 0.05) is 19.6 Å². The molecule has 0 heterocycles. The van der Waals surface area contributed by atoms with Gasteiger partial charge in [-0.15, -0.1) is 0 Å². The summed E-state index contributed by atoms with van der Waals surface area (Å²) in [5.74, 6) is 1.55. The average molecular weight is 284 g/mol. The van der Waals surface area contributed by atoms with Crippen molar-refractivity contribution in [2.24, 2.45) is 17.3 Å². The van der Waals surface area contributed by atoms with E-state index < -0.39 is 0 Å². The van der Waals surface area contributed by atoms with Crippen LogP contribution in [0.3, 0.4) is 0 Å². The molecule has 3 unspecified atom stereocenters. The first-order valence-electron chi connectivity index (χ1n) is 8.40. The molecule has 20 heavy (non-hydrogen) atoms. The summed E-state index contributed by atoms with van der Waals surface area (Å²) in [4.78, 5) is 2.32. The predicted octanol–water partition coefficient (Wildman–Crippen LogP) is 2.74. The fourth-order valence-corrected chi connectivity index (χ4v) is 3.84. The zero-order valence-corrected chi connectivity index (χ0v) is 14.3. The predicted molar refractivity (Wildman–Crippen MR) is 87.0 cm³/mol. The Hall–Kier alpha value is -0.120. The quantitative estimate of drug-likeness (QED) is 0.719. The van der Waals surface area contributed by atoms with E-state index in [9.17, 15) is 5.11 Å². The Labute approximate surface area is 126 Å². The van der Waals surface area contributed by atoms with Crippen LogP contribution in [0.2, 0.25) is 0 Å². The number of aliphatic hydroxyl groups is 1. The van der Waals surface area contributed by atoms with Gasteiger partial charge in [-0.05, 0) is 50.6 Å². The van der Waals surface area contributed by atoms with Gasteiger partial charge in [0.25, 0.3) is 0 Å². The highest BCUT2D eigenvalue weighted by Gasteiger charge is 2.35. The second-order valence-electron chi connectivity index (χ2n) is 7.77. The Kier molecular flexibility index (Phi) is 7.49. The summed E-state index contributed by atoms with van der Waals surface area (Å²) in [7, 11) is 2.15. The minimum atomic E-state index is -0.235. The fourth-order valence-electron chi connectivity index (χ4n) is 3.84. The van der Waals surface area contributed by atoms with Crippen molar-refractivity contribution < 1.29 is 5.11 Å². The standard InChI is InChI=1S/C17H36N2O/c1-14(2)10-18-12-17(8-6-7-15(3)9-17)13-19(5)11-16(4)20/h14-16,18,20H,6-13H2,1-5H3. The number of nitrogens with one attached hydrogen (secondary N) is 1. The Morgan fingerprint density at radius 3 is 2.60 bits per heavy atom. The lowest BCUT2D eigenvalue weighted by Gasteiger charge is -2.43. The second kappa shape index (κ2) is 8.35. The average Bonchev–Trinajstić information content (AvgIpc) is 2.26. The molecule has 0 radical (unpaired) electrons. The molecule has 0 spiro atoms. The van der Waals surface area contributed by atoms with Gasteiger partial charge in [-0.25, -0.2) is 0 Å². The molecule has 120 valence electrons. The minimum Gasteiger partial charge on any atom is -0.392 e. The smallest absolute Gasteiger partial charge is 0.0638 e. The largest absolute Gasteiger partial charge is 0.392 e. The van der Waals surface area contributed by atoms with Crippen molar-refractivity contribution in [3.63, 3.8) is 0 Å². The van der Waals surface area contributed by atoms with Gasteiger partial charge in [-0.2, -0.15) is 0 Å².